The second-order valence-electron chi connectivity index (χ2n) is 7.22. The fraction of sp³-hybridized carbons (Fsp3) is 0.364. The van der Waals surface area contributed by atoms with Crippen molar-refractivity contribution in [2.75, 3.05) is 31.5 Å². The smallest absolute Gasteiger partial charge is 0.246 e. The summed E-state index contributed by atoms with van der Waals surface area (Å²) in [6.45, 7) is 8.30. The zero-order valence-corrected chi connectivity index (χ0v) is 16.2. The van der Waals surface area contributed by atoms with Gasteiger partial charge in [0.1, 0.15) is 6.04 Å². The third-order valence-electron chi connectivity index (χ3n) is 4.98. The number of benzene rings is 2. The first-order valence-corrected chi connectivity index (χ1v) is 9.38. The summed E-state index contributed by atoms with van der Waals surface area (Å²) in [5.74, 6) is 0.0491. The third-order valence-corrected chi connectivity index (χ3v) is 4.98. The summed E-state index contributed by atoms with van der Waals surface area (Å²) < 4.78 is 0. The number of aryl methyl sites for hydroxylation is 2. The van der Waals surface area contributed by atoms with Crippen LogP contribution in [0.15, 0.2) is 48.5 Å². The largest absolute Gasteiger partial charge is 0.340 e. The normalized spacial score (nSPS) is 16.0. The van der Waals surface area contributed by atoms with Crippen molar-refractivity contribution >= 4 is 17.5 Å². The number of piperazine rings is 1. The number of rotatable bonds is 4. The highest BCUT2D eigenvalue weighted by Gasteiger charge is 2.31. The van der Waals surface area contributed by atoms with Gasteiger partial charge in [0.05, 0.1) is 0 Å². The number of anilines is 1. The van der Waals surface area contributed by atoms with E-state index in [0.717, 1.165) is 22.4 Å². The number of nitrogens with one attached hydrogen (secondary N) is 1. The average Bonchev–Trinajstić information content (AvgIpc) is 2.62. The Labute approximate surface area is 161 Å². The Morgan fingerprint density at radius 1 is 0.926 bits per heavy atom. The Morgan fingerprint density at radius 3 is 2.07 bits per heavy atom. The first-order valence-electron chi connectivity index (χ1n) is 9.38. The summed E-state index contributed by atoms with van der Waals surface area (Å²) >= 11 is 0. The van der Waals surface area contributed by atoms with Gasteiger partial charge >= 0.3 is 0 Å². The Hall–Kier alpha value is -2.66. The van der Waals surface area contributed by atoms with E-state index in [1.54, 1.807) is 6.92 Å². The van der Waals surface area contributed by atoms with E-state index < -0.39 is 0 Å². The van der Waals surface area contributed by atoms with Crippen molar-refractivity contribution in [2.45, 2.75) is 26.8 Å². The molecule has 2 amide bonds. The van der Waals surface area contributed by atoms with E-state index in [9.17, 15) is 9.59 Å². The van der Waals surface area contributed by atoms with Crippen molar-refractivity contribution in [1.29, 1.82) is 0 Å². The van der Waals surface area contributed by atoms with E-state index in [0.29, 0.717) is 26.2 Å². The maximum atomic E-state index is 13.2. The predicted octanol–water partition coefficient (Wildman–Crippen LogP) is 3.15. The zero-order chi connectivity index (χ0) is 19.4. The van der Waals surface area contributed by atoms with Crippen LogP contribution in [0.25, 0.3) is 0 Å². The molecule has 142 valence electrons. The summed E-state index contributed by atoms with van der Waals surface area (Å²) in [6, 6.07) is 15.5. The lowest BCUT2D eigenvalue weighted by Crippen LogP contribution is -2.51. The van der Waals surface area contributed by atoms with E-state index in [1.807, 2.05) is 61.2 Å². The molecule has 1 N–H and O–H groups in total. The number of nitrogens with zero attached hydrogens (tertiary/aromatic N) is 2. The molecular formula is C22H27N3O2. The number of hydrogen-bond donors (Lipinski definition) is 1. The summed E-state index contributed by atoms with van der Waals surface area (Å²) in [6.07, 6.45) is 0. The second kappa shape index (κ2) is 8.35. The zero-order valence-electron chi connectivity index (χ0n) is 16.2. The SMILES string of the molecule is CC(=O)N1CCN(C(C(=O)Nc2cc(C)cc(C)c2)c2ccccc2)CC1. The molecule has 0 aromatic heterocycles. The molecule has 1 aliphatic heterocycles. The molecule has 1 atom stereocenters. The number of carbonyl (C=O) groups is 2. The van der Waals surface area contributed by atoms with Gasteiger partial charge in [-0.25, -0.2) is 0 Å². The van der Waals surface area contributed by atoms with Crippen LogP contribution in [0.4, 0.5) is 5.69 Å². The molecule has 0 aliphatic carbocycles. The first kappa shape index (κ1) is 19.1. The standard InChI is InChI=1S/C22H27N3O2/c1-16-13-17(2)15-20(14-16)23-22(27)21(19-7-5-4-6-8-19)25-11-9-24(10-12-25)18(3)26/h4-8,13-15,21H,9-12H2,1-3H3,(H,23,27). The van der Waals surface area contributed by atoms with Gasteiger partial charge in [0, 0.05) is 38.8 Å². The minimum atomic E-state index is -0.374. The van der Waals surface area contributed by atoms with Crippen LogP contribution in [-0.2, 0) is 9.59 Å². The highest BCUT2D eigenvalue weighted by atomic mass is 16.2. The molecular weight excluding hydrogens is 338 g/mol. The molecule has 2 aromatic carbocycles. The number of carbonyl (C=O) groups excluding carboxylic acids is 2. The summed E-state index contributed by atoms with van der Waals surface area (Å²) in [5, 5.41) is 3.09. The monoisotopic (exact) mass is 365 g/mol. The van der Waals surface area contributed by atoms with Crippen LogP contribution in [-0.4, -0.2) is 47.8 Å². The predicted molar refractivity (Wildman–Crippen MR) is 108 cm³/mol. The third kappa shape index (κ3) is 4.74. The Bertz CT molecular complexity index is 791. The molecule has 5 heteroatoms. The van der Waals surface area contributed by atoms with E-state index in [4.69, 9.17) is 0 Å². The Balaban J connectivity index is 1.82. The Morgan fingerprint density at radius 2 is 1.52 bits per heavy atom. The molecule has 1 heterocycles. The van der Waals surface area contributed by atoms with Crippen LogP contribution < -0.4 is 5.32 Å². The Kier molecular flexibility index (Phi) is 5.91. The quantitative estimate of drug-likeness (QED) is 0.906. The van der Waals surface area contributed by atoms with Gasteiger partial charge in [0.2, 0.25) is 11.8 Å². The minimum absolute atomic E-state index is 0.0394. The summed E-state index contributed by atoms with van der Waals surface area (Å²) in [5.41, 5.74) is 4.03. The highest BCUT2D eigenvalue weighted by Crippen LogP contribution is 2.25. The maximum Gasteiger partial charge on any atom is 0.246 e. The summed E-state index contributed by atoms with van der Waals surface area (Å²) in [7, 11) is 0. The molecule has 1 aliphatic rings. The van der Waals surface area contributed by atoms with Gasteiger partial charge in [-0.05, 0) is 42.7 Å². The van der Waals surface area contributed by atoms with Gasteiger partial charge < -0.3 is 10.2 Å². The van der Waals surface area contributed by atoms with Crippen molar-refractivity contribution in [3.63, 3.8) is 0 Å². The molecule has 1 fully saturated rings. The van der Waals surface area contributed by atoms with E-state index in [-0.39, 0.29) is 17.9 Å². The maximum absolute atomic E-state index is 13.2. The van der Waals surface area contributed by atoms with Crippen LogP contribution in [0.2, 0.25) is 0 Å². The molecule has 0 radical (unpaired) electrons. The van der Waals surface area contributed by atoms with Gasteiger partial charge in [-0.3, -0.25) is 14.5 Å². The fourth-order valence-electron chi connectivity index (χ4n) is 3.72. The summed E-state index contributed by atoms with van der Waals surface area (Å²) in [4.78, 5) is 28.8. The van der Waals surface area contributed by atoms with Crippen molar-refractivity contribution in [1.82, 2.24) is 9.80 Å². The fourth-order valence-corrected chi connectivity index (χ4v) is 3.72. The molecule has 1 unspecified atom stereocenters. The lowest BCUT2D eigenvalue weighted by molar-refractivity contribution is -0.131. The number of hydrogen-bond acceptors (Lipinski definition) is 3. The topological polar surface area (TPSA) is 52.7 Å². The highest BCUT2D eigenvalue weighted by molar-refractivity contribution is 5.95. The van der Waals surface area contributed by atoms with Gasteiger partial charge in [-0.15, -0.1) is 0 Å². The molecule has 3 rings (SSSR count). The molecule has 5 nitrogen and oxygen atoms in total. The molecule has 0 spiro atoms. The van der Waals surface area contributed by atoms with Gasteiger partial charge in [0.15, 0.2) is 0 Å². The molecule has 2 aromatic rings. The lowest BCUT2D eigenvalue weighted by atomic mass is 10.0. The van der Waals surface area contributed by atoms with Crippen LogP contribution in [0.3, 0.4) is 0 Å². The van der Waals surface area contributed by atoms with Crippen LogP contribution in [0.5, 0.6) is 0 Å². The van der Waals surface area contributed by atoms with Crippen molar-refractivity contribution < 1.29 is 9.59 Å². The van der Waals surface area contributed by atoms with E-state index in [1.165, 1.54) is 0 Å². The van der Waals surface area contributed by atoms with Crippen LogP contribution in [0, 0.1) is 13.8 Å². The van der Waals surface area contributed by atoms with Gasteiger partial charge in [-0.1, -0.05) is 36.4 Å². The number of amides is 2. The second-order valence-corrected chi connectivity index (χ2v) is 7.22. The van der Waals surface area contributed by atoms with E-state index in [2.05, 4.69) is 16.3 Å². The molecule has 0 saturated carbocycles. The van der Waals surface area contributed by atoms with Gasteiger partial charge in [-0.2, -0.15) is 0 Å². The van der Waals surface area contributed by atoms with Crippen molar-refractivity contribution in [2.24, 2.45) is 0 Å². The molecule has 0 bridgehead atoms. The van der Waals surface area contributed by atoms with Crippen molar-refractivity contribution in [3.8, 4) is 0 Å². The first-order chi connectivity index (χ1) is 12.9. The van der Waals surface area contributed by atoms with E-state index >= 15 is 0 Å². The lowest BCUT2D eigenvalue weighted by Gasteiger charge is -2.38. The molecule has 1 saturated heterocycles. The average molecular weight is 365 g/mol. The van der Waals surface area contributed by atoms with Crippen LogP contribution in [0.1, 0.15) is 29.7 Å². The van der Waals surface area contributed by atoms with Crippen LogP contribution >= 0.6 is 0 Å². The molecule has 27 heavy (non-hydrogen) atoms. The van der Waals surface area contributed by atoms with Crippen molar-refractivity contribution in [3.05, 3.63) is 65.2 Å². The van der Waals surface area contributed by atoms with Gasteiger partial charge in [0.25, 0.3) is 0 Å². The minimum Gasteiger partial charge on any atom is -0.340 e.